The van der Waals surface area contributed by atoms with Crippen molar-refractivity contribution in [2.24, 2.45) is 0 Å². The van der Waals surface area contributed by atoms with Crippen LogP contribution in [0.4, 0.5) is 10.5 Å². The summed E-state index contributed by atoms with van der Waals surface area (Å²) in [7, 11) is 5.57. The molecule has 0 bridgehead atoms. The predicted octanol–water partition coefficient (Wildman–Crippen LogP) is 4.54. The lowest BCUT2D eigenvalue weighted by Gasteiger charge is -2.25. The van der Waals surface area contributed by atoms with Crippen molar-refractivity contribution in [1.82, 2.24) is 10.2 Å². The molecule has 0 aliphatic carbocycles. The number of nitrogens with one attached hydrogen (secondary N) is 2. The number of rotatable bonds is 6. The largest absolute Gasteiger partial charge is 0.497 e. The van der Waals surface area contributed by atoms with Gasteiger partial charge >= 0.3 is 6.03 Å². The number of carbonyl (C=O) groups excluding carboxylic acids is 1. The van der Waals surface area contributed by atoms with Crippen molar-refractivity contribution in [3.8, 4) is 5.75 Å². The van der Waals surface area contributed by atoms with Gasteiger partial charge in [0.15, 0.2) is 0 Å². The Labute approximate surface area is 161 Å². The molecule has 2 N–H and O–H groups in total. The Bertz CT molecular complexity index is 740. The molecular formula is C18H21BrClN3O2. The molecule has 2 aromatic carbocycles. The van der Waals surface area contributed by atoms with Crippen LogP contribution in [0.2, 0.25) is 5.02 Å². The summed E-state index contributed by atoms with van der Waals surface area (Å²) in [6, 6.07) is 12.8. The van der Waals surface area contributed by atoms with Crippen LogP contribution in [-0.2, 0) is 0 Å². The normalized spacial score (nSPS) is 11.9. The third kappa shape index (κ3) is 5.63. The summed E-state index contributed by atoms with van der Waals surface area (Å²) in [6.45, 7) is 0.445. The summed E-state index contributed by atoms with van der Waals surface area (Å²) in [5, 5.41) is 6.12. The molecule has 25 heavy (non-hydrogen) atoms. The lowest BCUT2D eigenvalue weighted by Crippen LogP contribution is -2.36. The summed E-state index contributed by atoms with van der Waals surface area (Å²) in [4.78, 5) is 14.2. The number of ether oxygens (including phenoxy) is 1. The number of carbonyl (C=O) groups is 1. The minimum Gasteiger partial charge on any atom is -0.497 e. The standard InChI is InChI=1S/C18H21BrClN3O2/c1-23(2)17(12-5-4-6-14(9-12)25-3)11-21-18(24)22-16-8-7-13(19)10-15(16)20/h4-10,17H,11H2,1-3H3,(H2,21,22,24). The van der Waals surface area contributed by atoms with Crippen LogP contribution in [0, 0.1) is 0 Å². The number of likely N-dealkylation sites (N-methyl/N-ethyl adjacent to an activating group) is 1. The van der Waals surface area contributed by atoms with Crippen LogP contribution < -0.4 is 15.4 Å². The molecule has 0 saturated carbocycles. The van der Waals surface area contributed by atoms with Crippen molar-refractivity contribution in [2.45, 2.75) is 6.04 Å². The van der Waals surface area contributed by atoms with Crippen molar-refractivity contribution in [2.75, 3.05) is 33.1 Å². The Morgan fingerprint density at radius 3 is 2.68 bits per heavy atom. The second-order valence-corrected chi connectivity index (χ2v) is 7.04. The number of hydrogen-bond donors (Lipinski definition) is 2. The van der Waals surface area contributed by atoms with E-state index in [-0.39, 0.29) is 12.1 Å². The van der Waals surface area contributed by atoms with Gasteiger partial charge in [-0.3, -0.25) is 0 Å². The molecule has 2 aromatic rings. The molecule has 0 saturated heterocycles. The quantitative estimate of drug-likeness (QED) is 0.713. The number of hydrogen-bond acceptors (Lipinski definition) is 3. The molecular weight excluding hydrogens is 406 g/mol. The maximum atomic E-state index is 12.2. The van der Waals surface area contributed by atoms with Gasteiger partial charge in [0, 0.05) is 11.0 Å². The zero-order chi connectivity index (χ0) is 18.4. The Balaban J connectivity index is 2.01. The molecule has 0 aromatic heterocycles. The third-order valence-corrected chi connectivity index (χ3v) is 4.54. The number of nitrogens with zero attached hydrogens (tertiary/aromatic N) is 1. The lowest BCUT2D eigenvalue weighted by molar-refractivity contribution is 0.243. The lowest BCUT2D eigenvalue weighted by atomic mass is 10.1. The number of benzene rings is 2. The maximum Gasteiger partial charge on any atom is 0.319 e. The SMILES string of the molecule is COc1cccc(C(CNC(=O)Nc2ccc(Br)cc2Cl)N(C)C)c1. The molecule has 134 valence electrons. The molecule has 0 radical (unpaired) electrons. The summed E-state index contributed by atoms with van der Waals surface area (Å²) < 4.78 is 6.13. The van der Waals surface area contributed by atoms with Crippen LogP contribution in [-0.4, -0.2) is 38.7 Å². The number of amides is 2. The highest BCUT2D eigenvalue weighted by molar-refractivity contribution is 9.10. The van der Waals surface area contributed by atoms with Gasteiger partial charge in [-0.05, 0) is 50.0 Å². The highest BCUT2D eigenvalue weighted by atomic mass is 79.9. The van der Waals surface area contributed by atoms with Crippen molar-refractivity contribution in [3.63, 3.8) is 0 Å². The highest BCUT2D eigenvalue weighted by Gasteiger charge is 2.16. The fraction of sp³-hybridized carbons (Fsp3) is 0.278. The van der Waals surface area contributed by atoms with Gasteiger partial charge in [-0.1, -0.05) is 39.7 Å². The van der Waals surface area contributed by atoms with Gasteiger partial charge in [0.25, 0.3) is 0 Å². The average Bonchev–Trinajstić information content (AvgIpc) is 2.57. The van der Waals surface area contributed by atoms with Gasteiger partial charge in [0.2, 0.25) is 0 Å². The summed E-state index contributed by atoms with van der Waals surface area (Å²) in [6.07, 6.45) is 0. The zero-order valence-corrected chi connectivity index (χ0v) is 16.7. The van der Waals surface area contributed by atoms with E-state index in [0.29, 0.717) is 17.3 Å². The molecule has 7 heteroatoms. The second-order valence-electron chi connectivity index (χ2n) is 5.72. The van der Waals surface area contributed by atoms with E-state index >= 15 is 0 Å². The van der Waals surface area contributed by atoms with Crippen molar-refractivity contribution in [3.05, 3.63) is 57.5 Å². The fourth-order valence-corrected chi connectivity index (χ4v) is 3.11. The average molecular weight is 427 g/mol. The first-order chi connectivity index (χ1) is 11.9. The molecule has 0 aliphatic heterocycles. The number of urea groups is 1. The van der Waals surface area contributed by atoms with Crippen molar-refractivity contribution < 1.29 is 9.53 Å². The van der Waals surface area contributed by atoms with Crippen molar-refractivity contribution in [1.29, 1.82) is 0 Å². The Morgan fingerprint density at radius 2 is 2.04 bits per heavy atom. The van der Waals surface area contributed by atoms with E-state index in [0.717, 1.165) is 15.8 Å². The monoisotopic (exact) mass is 425 g/mol. The molecule has 0 aliphatic rings. The van der Waals surface area contributed by atoms with Crippen LogP contribution in [0.15, 0.2) is 46.9 Å². The van der Waals surface area contributed by atoms with Gasteiger partial charge < -0.3 is 20.3 Å². The summed E-state index contributed by atoms with van der Waals surface area (Å²) in [5.41, 5.74) is 1.62. The van der Waals surface area contributed by atoms with E-state index < -0.39 is 0 Å². The molecule has 5 nitrogen and oxygen atoms in total. The van der Waals surface area contributed by atoms with Gasteiger partial charge in [-0.25, -0.2) is 4.79 Å². The van der Waals surface area contributed by atoms with E-state index in [2.05, 4.69) is 26.6 Å². The van der Waals surface area contributed by atoms with Crippen LogP contribution in [0.1, 0.15) is 11.6 Å². The predicted molar refractivity (Wildman–Crippen MR) is 106 cm³/mol. The van der Waals surface area contributed by atoms with E-state index in [1.54, 1.807) is 19.2 Å². The first-order valence-corrected chi connectivity index (χ1v) is 8.88. The first kappa shape index (κ1) is 19.6. The third-order valence-electron chi connectivity index (χ3n) is 3.74. The molecule has 0 heterocycles. The smallest absolute Gasteiger partial charge is 0.319 e. The second kappa shape index (κ2) is 9.08. The topological polar surface area (TPSA) is 53.6 Å². The van der Waals surface area contributed by atoms with E-state index in [1.165, 1.54) is 0 Å². The van der Waals surface area contributed by atoms with Crippen LogP contribution in [0.3, 0.4) is 0 Å². The maximum absolute atomic E-state index is 12.2. The van der Waals surface area contributed by atoms with Gasteiger partial charge in [-0.15, -0.1) is 0 Å². The molecule has 2 amide bonds. The molecule has 2 rings (SSSR count). The van der Waals surface area contributed by atoms with Crippen molar-refractivity contribution >= 4 is 39.2 Å². The Hall–Kier alpha value is -1.76. The van der Waals surface area contributed by atoms with E-state index in [9.17, 15) is 4.79 Å². The fourth-order valence-electron chi connectivity index (χ4n) is 2.39. The highest BCUT2D eigenvalue weighted by Crippen LogP contribution is 2.26. The van der Waals surface area contributed by atoms with Crippen LogP contribution in [0.5, 0.6) is 5.75 Å². The van der Waals surface area contributed by atoms with Gasteiger partial charge in [-0.2, -0.15) is 0 Å². The van der Waals surface area contributed by atoms with Gasteiger partial charge in [0.1, 0.15) is 5.75 Å². The number of methoxy groups -OCH3 is 1. The van der Waals surface area contributed by atoms with E-state index in [1.807, 2.05) is 49.3 Å². The minimum atomic E-state index is -0.307. The summed E-state index contributed by atoms with van der Waals surface area (Å²) >= 11 is 9.46. The van der Waals surface area contributed by atoms with E-state index in [4.69, 9.17) is 16.3 Å². The Kier molecular flexibility index (Phi) is 7.11. The van der Waals surface area contributed by atoms with Crippen LogP contribution >= 0.6 is 27.5 Å². The molecule has 0 spiro atoms. The summed E-state index contributed by atoms with van der Waals surface area (Å²) in [5.74, 6) is 0.787. The van der Waals surface area contributed by atoms with Gasteiger partial charge in [0.05, 0.1) is 23.9 Å². The minimum absolute atomic E-state index is 0.0150. The molecule has 1 atom stereocenters. The number of anilines is 1. The number of halogens is 2. The van der Waals surface area contributed by atoms with Crippen LogP contribution in [0.25, 0.3) is 0 Å². The Morgan fingerprint density at radius 1 is 1.28 bits per heavy atom. The zero-order valence-electron chi connectivity index (χ0n) is 14.3. The first-order valence-electron chi connectivity index (χ1n) is 7.71. The molecule has 0 fully saturated rings. The molecule has 1 unspecified atom stereocenters.